The minimum absolute atomic E-state index is 0.681. The van der Waals surface area contributed by atoms with Crippen LogP contribution in [0.25, 0.3) is 6.08 Å². The second-order valence-electron chi connectivity index (χ2n) is 6.47. The van der Waals surface area contributed by atoms with Crippen LogP contribution in [-0.2, 0) is 0 Å². The normalized spacial score (nSPS) is 12.7. The highest BCUT2D eigenvalue weighted by Crippen LogP contribution is 2.14. The zero-order valence-electron chi connectivity index (χ0n) is 16.6. The maximum Gasteiger partial charge on any atom is 0.119 e. The van der Waals surface area contributed by atoms with Gasteiger partial charge in [0, 0.05) is 12.1 Å². The molecule has 2 heteroatoms. The molecule has 1 aromatic carbocycles. The molecule has 2 unspecified atom stereocenters. The molecule has 0 spiro atoms. The van der Waals surface area contributed by atoms with E-state index in [0.717, 1.165) is 24.3 Å². The molecule has 0 bridgehead atoms. The van der Waals surface area contributed by atoms with Crippen LogP contribution in [0.2, 0.25) is 0 Å². The largest absolute Gasteiger partial charge is 0.494 e. The Balaban J connectivity index is 0.000000506. The smallest absolute Gasteiger partial charge is 0.119 e. The molecule has 0 radical (unpaired) electrons. The maximum atomic E-state index is 5.65. The van der Waals surface area contributed by atoms with Crippen molar-refractivity contribution >= 4 is 6.08 Å². The Morgan fingerprint density at radius 1 is 1.04 bits per heavy atom. The zero-order valence-corrected chi connectivity index (χ0v) is 16.6. The Hall–Kier alpha value is -1.28. The molecule has 138 valence electrons. The molecule has 1 aromatic rings. The highest BCUT2D eigenvalue weighted by Gasteiger charge is 2.01. The molecule has 24 heavy (non-hydrogen) atoms. The fourth-order valence-corrected chi connectivity index (χ4v) is 2.17. The van der Waals surface area contributed by atoms with Crippen LogP contribution < -0.4 is 10.1 Å². The van der Waals surface area contributed by atoms with Crippen LogP contribution in [0.1, 0.15) is 78.7 Å². The molecule has 1 N–H and O–H groups in total. The first kappa shape index (κ1) is 22.7. The third kappa shape index (κ3) is 12.2. The van der Waals surface area contributed by atoms with Gasteiger partial charge < -0.3 is 10.1 Å². The van der Waals surface area contributed by atoms with E-state index in [1.807, 2.05) is 30.3 Å². The summed E-state index contributed by atoms with van der Waals surface area (Å²) in [5, 5.41) is 3.48. The van der Waals surface area contributed by atoms with Gasteiger partial charge in [-0.25, -0.2) is 0 Å². The standard InChI is InChI=1S/C14H20O.C8H19N/c1-3-5-6-7-11-15-14-10-8-9-13(4-2)12-14;1-5-7(3)9-8(4)6-2/h4,8-10,12H,2-3,5-7,11H2,1H3;7-9H,5-6H2,1-4H3. The fourth-order valence-electron chi connectivity index (χ4n) is 2.17. The molecule has 2 nitrogen and oxygen atoms in total. The maximum absolute atomic E-state index is 5.65. The highest BCUT2D eigenvalue weighted by molar-refractivity contribution is 5.49. The minimum Gasteiger partial charge on any atom is -0.494 e. The third-order valence-electron chi connectivity index (χ3n) is 4.15. The molecule has 0 heterocycles. The van der Waals surface area contributed by atoms with Crippen molar-refractivity contribution in [1.82, 2.24) is 5.32 Å². The molecular weight excluding hydrogens is 294 g/mol. The summed E-state index contributed by atoms with van der Waals surface area (Å²) in [4.78, 5) is 0. The van der Waals surface area contributed by atoms with Crippen molar-refractivity contribution in [2.45, 2.75) is 85.2 Å². The minimum atomic E-state index is 0.681. The van der Waals surface area contributed by atoms with Gasteiger partial charge in [0.1, 0.15) is 5.75 Å². The monoisotopic (exact) mass is 333 g/mol. The molecule has 0 saturated carbocycles. The van der Waals surface area contributed by atoms with E-state index in [9.17, 15) is 0 Å². The van der Waals surface area contributed by atoms with Gasteiger partial charge in [-0.2, -0.15) is 0 Å². The Morgan fingerprint density at radius 2 is 1.71 bits per heavy atom. The summed E-state index contributed by atoms with van der Waals surface area (Å²) < 4.78 is 5.65. The summed E-state index contributed by atoms with van der Waals surface area (Å²) in [6.45, 7) is 15.6. The average molecular weight is 334 g/mol. The fraction of sp³-hybridized carbons (Fsp3) is 0.636. The molecule has 1 rings (SSSR count). The lowest BCUT2D eigenvalue weighted by atomic mass is 10.2. The van der Waals surface area contributed by atoms with Crippen molar-refractivity contribution in [3.05, 3.63) is 36.4 Å². The number of ether oxygens (including phenoxy) is 1. The molecule has 0 aromatic heterocycles. The van der Waals surface area contributed by atoms with Gasteiger partial charge in [0.2, 0.25) is 0 Å². The van der Waals surface area contributed by atoms with E-state index in [-0.39, 0.29) is 0 Å². The van der Waals surface area contributed by atoms with E-state index in [0.29, 0.717) is 12.1 Å². The molecule has 2 atom stereocenters. The van der Waals surface area contributed by atoms with Crippen molar-refractivity contribution < 1.29 is 4.74 Å². The lowest BCUT2D eigenvalue weighted by Gasteiger charge is -2.16. The number of rotatable bonds is 11. The van der Waals surface area contributed by atoms with Gasteiger partial charge in [-0.15, -0.1) is 0 Å². The van der Waals surface area contributed by atoms with Gasteiger partial charge in [-0.3, -0.25) is 0 Å². The Bertz CT molecular complexity index is 408. The van der Waals surface area contributed by atoms with Gasteiger partial charge in [0.15, 0.2) is 0 Å². The van der Waals surface area contributed by atoms with Crippen LogP contribution in [0.15, 0.2) is 30.8 Å². The highest BCUT2D eigenvalue weighted by atomic mass is 16.5. The van der Waals surface area contributed by atoms with Crippen LogP contribution in [-0.4, -0.2) is 18.7 Å². The molecule has 0 fully saturated rings. The van der Waals surface area contributed by atoms with E-state index in [4.69, 9.17) is 4.74 Å². The Kier molecular flexibility index (Phi) is 14.4. The van der Waals surface area contributed by atoms with Crippen molar-refractivity contribution in [1.29, 1.82) is 0 Å². The molecule has 0 saturated heterocycles. The summed E-state index contributed by atoms with van der Waals surface area (Å²) in [5.74, 6) is 0.948. The van der Waals surface area contributed by atoms with E-state index < -0.39 is 0 Å². The van der Waals surface area contributed by atoms with Gasteiger partial charge in [0.05, 0.1) is 6.61 Å². The topological polar surface area (TPSA) is 21.3 Å². The van der Waals surface area contributed by atoms with Crippen molar-refractivity contribution in [2.75, 3.05) is 6.61 Å². The molecule has 0 aliphatic rings. The number of nitrogens with one attached hydrogen (secondary N) is 1. The lowest BCUT2D eigenvalue weighted by molar-refractivity contribution is 0.305. The van der Waals surface area contributed by atoms with Gasteiger partial charge in [-0.05, 0) is 50.8 Å². The van der Waals surface area contributed by atoms with E-state index in [2.05, 4.69) is 46.5 Å². The summed E-state index contributed by atoms with van der Waals surface area (Å²) in [6, 6.07) is 9.40. The van der Waals surface area contributed by atoms with Crippen LogP contribution in [0.3, 0.4) is 0 Å². The summed E-state index contributed by atoms with van der Waals surface area (Å²) >= 11 is 0. The molecule has 0 amide bonds. The lowest BCUT2D eigenvalue weighted by Crippen LogP contribution is -2.33. The molecule has 0 aliphatic heterocycles. The van der Waals surface area contributed by atoms with Gasteiger partial charge in [0.25, 0.3) is 0 Å². The van der Waals surface area contributed by atoms with Crippen LogP contribution in [0.5, 0.6) is 5.75 Å². The zero-order chi connectivity index (χ0) is 18.2. The second kappa shape index (κ2) is 15.3. The van der Waals surface area contributed by atoms with Crippen molar-refractivity contribution in [3.8, 4) is 5.75 Å². The first-order chi connectivity index (χ1) is 11.6. The SMILES string of the molecule is C=Cc1cccc(OCCCCCC)c1.CCC(C)NC(C)CC. The number of unbranched alkanes of at least 4 members (excludes halogenated alkanes) is 3. The van der Waals surface area contributed by atoms with Gasteiger partial charge >= 0.3 is 0 Å². The average Bonchev–Trinajstić information content (AvgIpc) is 2.62. The number of hydrogen-bond donors (Lipinski definition) is 1. The second-order valence-corrected chi connectivity index (χ2v) is 6.47. The third-order valence-corrected chi connectivity index (χ3v) is 4.15. The Morgan fingerprint density at radius 3 is 2.25 bits per heavy atom. The number of benzene rings is 1. The predicted molar refractivity (Wildman–Crippen MR) is 109 cm³/mol. The van der Waals surface area contributed by atoms with Crippen molar-refractivity contribution in [2.24, 2.45) is 0 Å². The quantitative estimate of drug-likeness (QED) is 0.469. The first-order valence-electron chi connectivity index (χ1n) is 9.68. The Labute approximate surface area is 150 Å². The van der Waals surface area contributed by atoms with E-state index in [1.54, 1.807) is 0 Å². The number of hydrogen-bond acceptors (Lipinski definition) is 2. The van der Waals surface area contributed by atoms with Crippen molar-refractivity contribution in [3.63, 3.8) is 0 Å². The van der Waals surface area contributed by atoms with E-state index in [1.165, 1.54) is 32.1 Å². The molecular formula is C22H39NO. The summed E-state index contributed by atoms with van der Waals surface area (Å²) in [7, 11) is 0. The predicted octanol–water partition coefficient (Wildman–Crippen LogP) is 6.46. The van der Waals surface area contributed by atoms with Crippen LogP contribution >= 0.6 is 0 Å². The van der Waals surface area contributed by atoms with Crippen LogP contribution in [0, 0.1) is 0 Å². The summed E-state index contributed by atoms with van der Waals surface area (Å²) in [6.07, 6.45) is 9.27. The summed E-state index contributed by atoms with van der Waals surface area (Å²) in [5.41, 5.74) is 1.11. The van der Waals surface area contributed by atoms with Crippen LogP contribution in [0.4, 0.5) is 0 Å². The molecule has 0 aliphatic carbocycles. The van der Waals surface area contributed by atoms with Gasteiger partial charge in [-0.1, -0.05) is 64.8 Å². The van der Waals surface area contributed by atoms with E-state index >= 15 is 0 Å². The first-order valence-corrected chi connectivity index (χ1v) is 9.68.